The summed E-state index contributed by atoms with van der Waals surface area (Å²) >= 11 is 0. The average molecular weight is 209 g/mol. The second-order valence-corrected chi connectivity index (χ2v) is 2.56. The van der Waals surface area contributed by atoms with E-state index in [-0.39, 0.29) is 18.1 Å². The highest BCUT2D eigenvalue weighted by Gasteiger charge is 2.18. The summed E-state index contributed by atoms with van der Waals surface area (Å²) in [5.74, 6) is 0. The lowest BCUT2D eigenvalue weighted by atomic mass is 10.2. The van der Waals surface area contributed by atoms with E-state index in [1.807, 2.05) is 0 Å². The molecule has 1 atom stereocenters. The zero-order valence-corrected chi connectivity index (χ0v) is 7.89. The van der Waals surface area contributed by atoms with Crippen molar-refractivity contribution in [1.82, 2.24) is 4.98 Å². The molecule has 0 aromatic carbocycles. The highest BCUT2D eigenvalue weighted by Crippen LogP contribution is 2.15. The van der Waals surface area contributed by atoms with Crippen LogP contribution in [-0.2, 0) is 0 Å². The fourth-order valence-electron chi connectivity index (χ4n) is 0.879. The third kappa shape index (κ3) is 3.24. The number of nitrogens with zero attached hydrogens (tertiary/aromatic N) is 1. The van der Waals surface area contributed by atoms with Crippen LogP contribution in [0, 0.1) is 6.92 Å². The molecule has 0 bridgehead atoms. The van der Waals surface area contributed by atoms with Crippen LogP contribution in [0.1, 0.15) is 17.4 Å². The van der Waals surface area contributed by atoms with Crippen molar-refractivity contribution in [1.29, 1.82) is 0 Å². The van der Waals surface area contributed by atoms with Crippen molar-refractivity contribution in [3.63, 3.8) is 0 Å². The van der Waals surface area contributed by atoms with Gasteiger partial charge in [-0.2, -0.15) is 0 Å². The van der Waals surface area contributed by atoms with Crippen molar-refractivity contribution in [2.75, 3.05) is 0 Å². The lowest BCUT2D eigenvalue weighted by Gasteiger charge is -2.09. The van der Waals surface area contributed by atoms with Gasteiger partial charge in [0.1, 0.15) is 6.04 Å². The van der Waals surface area contributed by atoms with Gasteiger partial charge < -0.3 is 5.73 Å². The van der Waals surface area contributed by atoms with Crippen LogP contribution >= 0.6 is 12.4 Å². The Kier molecular flexibility index (Phi) is 4.80. The molecule has 1 heterocycles. The number of aryl methyl sites for hydroxylation is 1. The van der Waals surface area contributed by atoms with Crippen LogP contribution < -0.4 is 5.73 Å². The number of rotatable bonds is 2. The summed E-state index contributed by atoms with van der Waals surface area (Å²) in [6.45, 7) is 1.74. The first-order chi connectivity index (χ1) is 5.61. The molecule has 0 aliphatic heterocycles. The average Bonchev–Trinajstić information content (AvgIpc) is 2.03. The normalized spacial score (nSPS) is 12.4. The predicted molar refractivity (Wildman–Crippen MR) is 49.2 cm³/mol. The van der Waals surface area contributed by atoms with Gasteiger partial charge in [0.15, 0.2) is 0 Å². The van der Waals surface area contributed by atoms with Gasteiger partial charge in [-0.1, -0.05) is 6.07 Å². The van der Waals surface area contributed by atoms with Crippen LogP contribution in [0.4, 0.5) is 8.78 Å². The smallest absolute Gasteiger partial charge is 0.259 e. The van der Waals surface area contributed by atoms with E-state index in [1.54, 1.807) is 19.1 Å². The largest absolute Gasteiger partial charge is 0.318 e. The molecule has 0 aliphatic rings. The summed E-state index contributed by atoms with van der Waals surface area (Å²) in [7, 11) is 0. The molecule has 1 aromatic heterocycles. The molecule has 2 nitrogen and oxygen atoms in total. The molecule has 0 saturated heterocycles. The third-order valence-electron chi connectivity index (χ3n) is 1.52. The van der Waals surface area contributed by atoms with Gasteiger partial charge in [0, 0.05) is 5.69 Å². The van der Waals surface area contributed by atoms with Crippen molar-refractivity contribution >= 4 is 12.4 Å². The van der Waals surface area contributed by atoms with Crippen LogP contribution in [0.25, 0.3) is 0 Å². The van der Waals surface area contributed by atoms with Crippen molar-refractivity contribution in [2.24, 2.45) is 5.73 Å². The standard InChI is InChI=1S/C8H10F2N2.ClH/c1-5-3-2-4-6(12-5)7(11)8(9)10;/h2-4,7-8H,11H2,1H3;1H/t7-;/m0./s1. The van der Waals surface area contributed by atoms with Crippen LogP contribution in [0.2, 0.25) is 0 Å². The van der Waals surface area contributed by atoms with E-state index in [1.165, 1.54) is 6.07 Å². The second-order valence-electron chi connectivity index (χ2n) is 2.56. The van der Waals surface area contributed by atoms with Crippen LogP contribution in [0.5, 0.6) is 0 Å². The minimum atomic E-state index is -2.56. The Morgan fingerprint density at radius 1 is 1.38 bits per heavy atom. The Balaban J connectivity index is 0.00000144. The number of aromatic nitrogens is 1. The lowest BCUT2D eigenvalue weighted by Crippen LogP contribution is -2.20. The Hall–Kier alpha value is -0.740. The molecule has 0 spiro atoms. The molecule has 0 fully saturated rings. The summed E-state index contributed by atoms with van der Waals surface area (Å²) in [4.78, 5) is 3.89. The molecule has 74 valence electrons. The molecule has 1 rings (SSSR count). The van der Waals surface area contributed by atoms with Gasteiger partial charge in [0.2, 0.25) is 0 Å². The topological polar surface area (TPSA) is 38.9 Å². The lowest BCUT2D eigenvalue weighted by molar-refractivity contribution is 0.114. The number of hydrogen-bond donors (Lipinski definition) is 1. The van der Waals surface area contributed by atoms with Gasteiger partial charge in [-0.3, -0.25) is 4.98 Å². The molecular weight excluding hydrogens is 198 g/mol. The van der Waals surface area contributed by atoms with Gasteiger partial charge in [-0.15, -0.1) is 12.4 Å². The van der Waals surface area contributed by atoms with Crippen LogP contribution in [0.3, 0.4) is 0 Å². The Labute approximate surface area is 81.6 Å². The first-order valence-corrected chi connectivity index (χ1v) is 3.58. The van der Waals surface area contributed by atoms with Crippen molar-refractivity contribution < 1.29 is 8.78 Å². The maximum Gasteiger partial charge on any atom is 0.259 e. The van der Waals surface area contributed by atoms with Crippen molar-refractivity contribution in [3.05, 3.63) is 29.6 Å². The van der Waals surface area contributed by atoms with Crippen LogP contribution in [-0.4, -0.2) is 11.4 Å². The molecule has 13 heavy (non-hydrogen) atoms. The Morgan fingerprint density at radius 2 is 2.00 bits per heavy atom. The number of alkyl halides is 2. The van der Waals surface area contributed by atoms with E-state index in [2.05, 4.69) is 4.98 Å². The Morgan fingerprint density at radius 3 is 2.46 bits per heavy atom. The SMILES string of the molecule is Cc1cccc([C@H](N)C(F)F)n1.Cl. The first kappa shape index (κ1) is 12.3. The van der Waals surface area contributed by atoms with Crippen molar-refractivity contribution in [3.8, 4) is 0 Å². The first-order valence-electron chi connectivity index (χ1n) is 3.58. The van der Waals surface area contributed by atoms with E-state index in [9.17, 15) is 8.78 Å². The molecule has 5 heteroatoms. The molecule has 2 N–H and O–H groups in total. The summed E-state index contributed by atoms with van der Waals surface area (Å²) in [5.41, 5.74) is 6.13. The third-order valence-corrected chi connectivity index (χ3v) is 1.52. The van der Waals surface area contributed by atoms with E-state index < -0.39 is 12.5 Å². The fourth-order valence-corrected chi connectivity index (χ4v) is 0.879. The summed E-state index contributed by atoms with van der Waals surface area (Å²) in [5, 5.41) is 0. The quantitative estimate of drug-likeness (QED) is 0.808. The summed E-state index contributed by atoms with van der Waals surface area (Å²) in [6, 6.07) is 3.63. The summed E-state index contributed by atoms with van der Waals surface area (Å²) in [6.07, 6.45) is -2.56. The maximum atomic E-state index is 12.1. The molecule has 0 amide bonds. The Bertz CT molecular complexity index is 268. The highest BCUT2D eigenvalue weighted by molar-refractivity contribution is 5.85. The maximum absolute atomic E-state index is 12.1. The molecular formula is C8H11ClF2N2. The minimum Gasteiger partial charge on any atom is -0.318 e. The molecule has 0 saturated carbocycles. The van der Waals surface area contributed by atoms with Crippen LogP contribution in [0.15, 0.2) is 18.2 Å². The van der Waals surface area contributed by atoms with E-state index in [4.69, 9.17) is 5.73 Å². The van der Waals surface area contributed by atoms with E-state index >= 15 is 0 Å². The predicted octanol–water partition coefficient (Wildman–Crippen LogP) is 2.08. The highest BCUT2D eigenvalue weighted by atomic mass is 35.5. The van der Waals surface area contributed by atoms with Gasteiger partial charge in [0.25, 0.3) is 6.43 Å². The number of nitrogens with two attached hydrogens (primary N) is 1. The van der Waals surface area contributed by atoms with Gasteiger partial charge in [-0.25, -0.2) is 8.78 Å². The number of hydrogen-bond acceptors (Lipinski definition) is 2. The zero-order valence-electron chi connectivity index (χ0n) is 7.08. The fraction of sp³-hybridized carbons (Fsp3) is 0.375. The molecule has 0 aliphatic carbocycles. The molecule has 0 radical (unpaired) electrons. The van der Waals surface area contributed by atoms with E-state index in [0.29, 0.717) is 5.69 Å². The number of pyridine rings is 1. The van der Waals surface area contributed by atoms with Gasteiger partial charge >= 0.3 is 0 Å². The van der Waals surface area contributed by atoms with Gasteiger partial charge in [-0.05, 0) is 19.1 Å². The zero-order chi connectivity index (χ0) is 9.14. The molecule has 0 unspecified atom stereocenters. The van der Waals surface area contributed by atoms with Crippen molar-refractivity contribution in [2.45, 2.75) is 19.4 Å². The minimum absolute atomic E-state index is 0. The number of halogens is 3. The monoisotopic (exact) mass is 208 g/mol. The summed E-state index contributed by atoms with van der Waals surface area (Å²) < 4.78 is 24.2. The second kappa shape index (κ2) is 5.09. The van der Waals surface area contributed by atoms with Gasteiger partial charge in [0.05, 0.1) is 5.69 Å². The molecule has 1 aromatic rings. The van der Waals surface area contributed by atoms with E-state index in [0.717, 1.165) is 0 Å².